The van der Waals surface area contributed by atoms with Crippen LogP contribution >= 0.6 is 0 Å². The first-order chi connectivity index (χ1) is 25.6. The Labute approximate surface area is 289 Å². The van der Waals surface area contributed by atoms with Crippen LogP contribution < -0.4 is 4.57 Å². The van der Waals surface area contributed by atoms with E-state index in [1.807, 2.05) is 24.3 Å². The van der Waals surface area contributed by atoms with Crippen molar-refractivity contribution in [3.8, 4) is 28.2 Å². The summed E-state index contributed by atoms with van der Waals surface area (Å²) >= 11 is 0. The van der Waals surface area contributed by atoms with Gasteiger partial charge in [-0.2, -0.15) is 4.57 Å². The summed E-state index contributed by atoms with van der Waals surface area (Å²) < 4.78 is 60.4. The van der Waals surface area contributed by atoms with Crippen molar-refractivity contribution in [2.24, 2.45) is 7.05 Å². The Morgan fingerprint density at radius 2 is 1.42 bits per heavy atom. The summed E-state index contributed by atoms with van der Waals surface area (Å²) in [5.74, 6) is 1.27. The van der Waals surface area contributed by atoms with Crippen LogP contribution in [0.4, 0.5) is 0 Å². The predicted molar refractivity (Wildman–Crippen MR) is 198 cm³/mol. The molecule has 5 nitrogen and oxygen atoms in total. The van der Waals surface area contributed by atoms with Crippen LogP contribution in [0.5, 0.6) is 0 Å². The zero-order chi connectivity index (χ0) is 38.4. The second-order valence-electron chi connectivity index (χ2n) is 13.4. The van der Waals surface area contributed by atoms with E-state index in [0.29, 0.717) is 27.5 Å². The van der Waals surface area contributed by atoms with Gasteiger partial charge in [-0.05, 0) is 91.6 Å². The number of nitrogens with zero attached hydrogens (tertiary/aromatic N) is 4. The van der Waals surface area contributed by atoms with Gasteiger partial charge in [0.05, 0.1) is 18.3 Å². The van der Waals surface area contributed by atoms with Gasteiger partial charge < -0.3 is 4.42 Å². The number of aromatic nitrogens is 4. The molecule has 0 saturated heterocycles. The topological polar surface area (TPSA) is 47.7 Å². The Morgan fingerprint density at radius 3 is 2.12 bits per heavy atom. The van der Waals surface area contributed by atoms with Crippen LogP contribution in [0.25, 0.3) is 72.2 Å². The number of fused-ring (bicyclic) bond motifs is 6. The third-order valence-corrected chi connectivity index (χ3v) is 9.61. The van der Waals surface area contributed by atoms with Crippen molar-refractivity contribution in [1.29, 1.82) is 0 Å². The Bertz CT molecular complexity index is 2750. The maximum atomic E-state index is 8.37. The molecule has 5 heteroatoms. The predicted octanol–water partition coefficient (Wildman–Crippen LogP) is 10.8. The molecule has 0 aliphatic carbocycles. The van der Waals surface area contributed by atoms with Gasteiger partial charge in [0.1, 0.15) is 16.8 Å². The summed E-state index contributed by atoms with van der Waals surface area (Å²) in [5.41, 5.74) is 10.6. The van der Waals surface area contributed by atoms with Gasteiger partial charge in [-0.3, -0.25) is 4.98 Å². The third-order valence-electron chi connectivity index (χ3n) is 9.61. The van der Waals surface area contributed by atoms with Gasteiger partial charge in [0.25, 0.3) is 5.82 Å². The van der Waals surface area contributed by atoms with Crippen molar-refractivity contribution >= 4 is 44.0 Å². The number of rotatable bonds is 5. The largest absolute Gasteiger partial charge is 0.453 e. The summed E-state index contributed by atoms with van der Waals surface area (Å²) in [7, 11) is 2.07. The van der Waals surface area contributed by atoms with Crippen LogP contribution in [0.2, 0.25) is 0 Å². The Balaban J connectivity index is 1.52. The van der Waals surface area contributed by atoms with Crippen LogP contribution in [0.15, 0.2) is 95.4 Å². The van der Waals surface area contributed by atoms with Crippen LogP contribution in [0.3, 0.4) is 0 Å². The van der Waals surface area contributed by atoms with Gasteiger partial charge in [-0.1, -0.05) is 76.2 Å². The monoisotopic (exact) mass is 635 g/mol. The average Bonchev–Trinajstić information content (AvgIpc) is 3.64. The van der Waals surface area contributed by atoms with Crippen LogP contribution in [-0.2, 0) is 7.05 Å². The lowest BCUT2D eigenvalue weighted by molar-refractivity contribution is -0.633. The van der Waals surface area contributed by atoms with Crippen molar-refractivity contribution in [2.45, 2.75) is 60.2 Å². The minimum atomic E-state index is -2.66. The van der Waals surface area contributed by atoms with Crippen molar-refractivity contribution in [1.82, 2.24) is 14.5 Å². The fourth-order valence-corrected chi connectivity index (χ4v) is 7.24. The summed E-state index contributed by atoms with van der Waals surface area (Å²) in [6.07, 6.45) is 0. The molecule has 0 fully saturated rings. The first-order valence-electron chi connectivity index (χ1n) is 19.5. The highest BCUT2D eigenvalue weighted by atomic mass is 16.3. The van der Waals surface area contributed by atoms with Gasteiger partial charge in [0, 0.05) is 35.8 Å². The number of pyridine rings is 2. The van der Waals surface area contributed by atoms with Crippen molar-refractivity contribution in [3.05, 3.63) is 119 Å². The lowest BCUT2D eigenvalue weighted by Gasteiger charge is -2.21. The molecule has 4 heterocycles. The normalized spacial score (nSPS) is 14.5. The molecule has 0 amide bonds. The van der Waals surface area contributed by atoms with Gasteiger partial charge in [0.2, 0.25) is 0 Å². The number of hydrogen-bond donors (Lipinski definition) is 0. The number of benzene rings is 4. The SMILES string of the molecule is [2H]C([2H])([2H])c1ccc2c(n1)c(C([2H])([2H])[2H])nc1c3ccc(C)c(-c4n(-c5c(C(C)C)cc(-c6ccccc6)cc5C(C)C)c5ccccc5[n+]4C)c3oc21. The van der Waals surface area contributed by atoms with Crippen molar-refractivity contribution < 1.29 is 17.2 Å². The molecule has 0 saturated carbocycles. The number of hydrogen-bond acceptors (Lipinski definition) is 3. The van der Waals surface area contributed by atoms with E-state index >= 15 is 0 Å². The van der Waals surface area contributed by atoms with Crippen LogP contribution in [-0.4, -0.2) is 14.5 Å². The highest BCUT2D eigenvalue weighted by molar-refractivity contribution is 6.15. The van der Waals surface area contributed by atoms with E-state index < -0.39 is 13.7 Å². The molecule has 8 aromatic rings. The molecular weight excluding hydrogens is 589 g/mol. The number of aryl methyl sites for hydroxylation is 4. The maximum Gasteiger partial charge on any atom is 0.299 e. The van der Waals surface area contributed by atoms with Gasteiger partial charge in [-0.25, -0.2) is 9.55 Å². The first kappa shape index (κ1) is 23.9. The van der Waals surface area contributed by atoms with Crippen molar-refractivity contribution in [3.63, 3.8) is 0 Å². The number of imidazole rings is 1. The Kier molecular flexibility index (Phi) is 5.57. The molecule has 4 aromatic heterocycles. The smallest absolute Gasteiger partial charge is 0.299 e. The van der Waals surface area contributed by atoms with E-state index in [9.17, 15) is 0 Å². The standard InChI is InChI=1S/C43H41N4O/c1-24(2)33-22-30(29-14-10-9-11-15-29)23-34(25(3)4)40(33)47-36-17-13-12-16-35(36)46(8)43(47)37-26(5)18-20-32-39-42(48-41(32)37)31-21-19-27(6)44-38(31)28(7)45-39/h9-25H,1-8H3/q+1/i6D3,7D3. The summed E-state index contributed by atoms with van der Waals surface area (Å²) in [5, 5.41) is 1.05. The Morgan fingerprint density at radius 1 is 0.729 bits per heavy atom. The summed E-state index contributed by atoms with van der Waals surface area (Å²) in [4.78, 5) is 9.05. The third kappa shape index (κ3) is 4.48. The molecule has 8 rings (SSSR count). The number of furan rings is 1. The molecule has 0 aliphatic heterocycles. The molecule has 0 unspecified atom stereocenters. The lowest BCUT2D eigenvalue weighted by Crippen LogP contribution is -2.30. The maximum absolute atomic E-state index is 8.37. The van der Waals surface area contributed by atoms with Gasteiger partial charge in [-0.15, -0.1) is 0 Å². The Hall–Kier alpha value is -5.29. The molecule has 0 radical (unpaired) electrons. The van der Waals surface area contributed by atoms with E-state index in [-0.39, 0.29) is 28.7 Å². The van der Waals surface area contributed by atoms with E-state index in [0.717, 1.165) is 39.2 Å². The number of para-hydroxylation sites is 2. The zero-order valence-corrected chi connectivity index (χ0v) is 28.0. The molecule has 0 aliphatic rings. The van der Waals surface area contributed by atoms with E-state index in [1.165, 1.54) is 22.8 Å². The minimum Gasteiger partial charge on any atom is -0.453 e. The molecule has 48 heavy (non-hydrogen) atoms. The molecule has 0 atom stereocenters. The molecule has 0 bridgehead atoms. The second-order valence-corrected chi connectivity index (χ2v) is 13.4. The van der Waals surface area contributed by atoms with E-state index in [1.54, 1.807) is 6.07 Å². The second kappa shape index (κ2) is 11.2. The van der Waals surface area contributed by atoms with E-state index in [4.69, 9.17) is 17.6 Å². The lowest BCUT2D eigenvalue weighted by atomic mass is 9.88. The summed E-state index contributed by atoms with van der Waals surface area (Å²) in [6.45, 7) is 5.81. The summed E-state index contributed by atoms with van der Waals surface area (Å²) in [6, 6.07) is 30.5. The fraction of sp³-hybridized carbons (Fsp3) is 0.233. The van der Waals surface area contributed by atoms with Crippen LogP contribution in [0, 0.1) is 20.6 Å². The molecular formula is C43H41N4O+. The quantitative estimate of drug-likeness (QED) is 0.177. The van der Waals surface area contributed by atoms with Gasteiger partial charge >= 0.3 is 0 Å². The van der Waals surface area contributed by atoms with Gasteiger partial charge in [0.15, 0.2) is 22.2 Å². The molecule has 238 valence electrons. The molecule has 0 N–H and O–H groups in total. The molecule has 4 aromatic carbocycles. The van der Waals surface area contributed by atoms with E-state index in [2.05, 4.69) is 110 Å². The van der Waals surface area contributed by atoms with Crippen LogP contribution in [0.1, 0.15) is 75.8 Å². The average molecular weight is 636 g/mol. The highest BCUT2D eigenvalue weighted by Gasteiger charge is 2.34. The minimum absolute atomic E-state index is 0.00483. The van der Waals surface area contributed by atoms with Crippen molar-refractivity contribution in [2.75, 3.05) is 0 Å². The highest BCUT2D eigenvalue weighted by Crippen LogP contribution is 2.43. The zero-order valence-electron chi connectivity index (χ0n) is 34.0. The molecule has 0 spiro atoms. The first-order valence-corrected chi connectivity index (χ1v) is 16.5. The fourth-order valence-electron chi connectivity index (χ4n) is 7.24.